The van der Waals surface area contributed by atoms with Crippen LogP contribution >= 0.6 is 11.6 Å². The molecular formula is C14H15ClN2. The molecule has 0 spiro atoms. The highest BCUT2D eigenvalue weighted by Gasteiger charge is 2.05. The summed E-state index contributed by atoms with van der Waals surface area (Å²) >= 11 is 5.96. The molecule has 0 aliphatic carbocycles. The Hall–Kier alpha value is -1.54. The first-order valence-electron chi connectivity index (χ1n) is 5.70. The van der Waals surface area contributed by atoms with Gasteiger partial charge in [0.1, 0.15) is 0 Å². The number of hydrogen-bond acceptors (Lipinski definition) is 2. The van der Waals surface area contributed by atoms with Gasteiger partial charge in [0.05, 0.1) is 12.2 Å². The van der Waals surface area contributed by atoms with Crippen LogP contribution in [0, 0.1) is 0 Å². The minimum atomic E-state index is 0.735. The van der Waals surface area contributed by atoms with Crippen LogP contribution in [0.1, 0.15) is 12.6 Å². The van der Waals surface area contributed by atoms with E-state index in [1.165, 1.54) is 5.69 Å². The van der Waals surface area contributed by atoms with Crippen LogP contribution < -0.4 is 4.90 Å². The molecule has 0 radical (unpaired) electrons. The molecule has 0 saturated carbocycles. The van der Waals surface area contributed by atoms with Gasteiger partial charge in [0.2, 0.25) is 0 Å². The number of halogens is 1. The maximum absolute atomic E-state index is 5.96. The molecule has 0 N–H and O–H groups in total. The van der Waals surface area contributed by atoms with Crippen molar-refractivity contribution in [1.29, 1.82) is 0 Å². The Labute approximate surface area is 107 Å². The van der Waals surface area contributed by atoms with E-state index < -0.39 is 0 Å². The van der Waals surface area contributed by atoms with Crippen molar-refractivity contribution in [2.45, 2.75) is 13.5 Å². The predicted octanol–water partition coefficient (Wildman–Crippen LogP) is 3.76. The minimum absolute atomic E-state index is 0.735. The number of para-hydroxylation sites is 1. The molecule has 0 aliphatic rings. The monoisotopic (exact) mass is 246 g/mol. The first-order chi connectivity index (χ1) is 8.29. The molecule has 1 aromatic heterocycles. The van der Waals surface area contributed by atoms with Gasteiger partial charge in [0.15, 0.2) is 0 Å². The fourth-order valence-corrected chi connectivity index (χ4v) is 1.94. The first-order valence-corrected chi connectivity index (χ1v) is 6.08. The average molecular weight is 247 g/mol. The number of rotatable bonds is 4. The van der Waals surface area contributed by atoms with Crippen LogP contribution in [-0.4, -0.2) is 11.5 Å². The second-order valence-electron chi connectivity index (χ2n) is 3.82. The third-order valence-electron chi connectivity index (χ3n) is 2.63. The Balaban J connectivity index is 2.16. The highest BCUT2D eigenvalue weighted by Crippen LogP contribution is 2.16. The summed E-state index contributed by atoms with van der Waals surface area (Å²) in [5.74, 6) is 0. The van der Waals surface area contributed by atoms with E-state index in [0.29, 0.717) is 0 Å². The first kappa shape index (κ1) is 11.9. The number of aromatic nitrogens is 1. The maximum atomic E-state index is 5.96. The third-order valence-corrected chi connectivity index (χ3v) is 2.87. The van der Waals surface area contributed by atoms with E-state index in [9.17, 15) is 0 Å². The number of nitrogens with zero attached hydrogens (tertiary/aromatic N) is 2. The van der Waals surface area contributed by atoms with Gasteiger partial charge in [-0.15, -0.1) is 0 Å². The van der Waals surface area contributed by atoms with E-state index in [-0.39, 0.29) is 0 Å². The van der Waals surface area contributed by atoms with Crippen molar-refractivity contribution in [3.05, 3.63) is 59.4 Å². The van der Waals surface area contributed by atoms with Crippen molar-refractivity contribution in [2.75, 3.05) is 11.4 Å². The molecule has 17 heavy (non-hydrogen) atoms. The van der Waals surface area contributed by atoms with Gasteiger partial charge in [-0.3, -0.25) is 4.98 Å². The molecule has 0 unspecified atom stereocenters. The van der Waals surface area contributed by atoms with E-state index in [0.717, 1.165) is 23.8 Å². The van der Waals surface area contributed by atoms with Crippen LogP contribution in [0.25, 0.3) is 0 Å². The van der Waals surface area contributed by atoms with Gasteiger partial charge in [-0.1, -0.05) is 29.8 Å². The number of benzene rings is 1. The van der Waals surface area contributed by atoms with Crippen LogP contribution in [0.15, 0.2) is 48.7 Å². The van der Waals surface area contributed by atoms with E-state index in [2.05, 4.69) is 28.9 Å². The van der Waals surface area contributed by atoms with Gasteiger partial charge in [-0.2, -0.15) is 0 Å². The van der Waals surface area contributed by atoms with Crippen molar-refractivity contribution in [3.8, 4) is 0 Å². The van der Waals surface area contributed by atoms with Crippen LogP contribution in [-0.2, 0) is 6.54 Å². The summed E-state index contributed by atoms with van der Waals surface area (Å²) in [4.78, 5) is 6.59. The number of hydrogen-bond donors (Lipinski definition) is 0. The van der Waals surface area contributed by atoms with E-state index in [1.54, 1.807) is 12.3 Å². The summed E-state index contributed by atoms with van der Waals surface area (Å²) in [5, 5.41) is 0.735. The van der Waals surface area contributed by atoms with Gasteiger partial charge < -0.3 is 4.90 Å². The third kappa shape index (κ3) is 3.21. The Kier molecular flexibility index (Phi) is 3.99. The van der Waals surface area contributed by atoms with E-state index in [4.69, 9.17) is 11.6 Å². The van der Waals surface area contributed by atoms with E-state index >= 15 is 0 Å². The molecule has 0 bridgehead atoms. The van der Waals surface area contributed by atoms with Gasteiger partial charge >= 0.3 is 0 Å². The van der Waals surface area contributed by atoms with Gasteiger partial charge in [0, 0.05) is 23.5 Å². The molecule has 88 valence electrons. The summed E-state index contributed by atoms with van der Waals surface area (Å²) in [5.41, 5.74) is 2.19. The molecule has 2 rings (SSSR count). The Morgan fingerprint density at radius 1 is 1.18 bits per heavy atom. The van der Waals surface area contributed by atoms with Crippen LogP contribution in [0.2, 0.25) is 5.02 Å². The fourth-order valence-electron chi connectivity index (χ4n) is 1.76. The van der Waals surface area contributed by atoms with Crippen LogP contribution in [0.5, 0.6) is 0 Å². The largest absolute Gasteiger partial charge is 0.366 e. The van der Waals surface area contributed by atoms with Gasteiger partial charge in [0.25, 0.3) is 0 Å². The van der Waals surface area contributed by atoms with Gasteiger partial charge in [-0.25, -0.2) is 0 Å². The van der Waals surface area contributed by atoms with Crippen LogP contribution in [0.3, 0.4) is 0 Å². The van der Waals surface area contributed by atoms with Crippen molar-refractivity contribution < 1.29 is 0 Å². The predicted molar refractivity (Wildman–Crippen MR) is 72.4 cm³/mol. The number of pyridine rings is 1. The minimum Gasteiger partial charge on any atom is -0.366 e. The Morgan fingerprint density at radius 2 is 1.94 bits per heavy atom. The van der Waals surface area contributed by atoms with Crippen molar-refractivity contribution >= 4 is 17.3 Å². The molecule has 3 heteroatoms. The molecule has 0 aliphatic heterocycles. The van der Waals surface area contributed by atoms with Crippen molar-refractivity contribution in [3.63, 3.8) is 0 Å². The average Bonchev–Trinajstić information content (AvgIpc) is 2.37. The standard InChI is InChI=1S/C14H15ClN2/c1-2-17(14-6-4-3-5-7-14)11-13-10-12(15)8-9-16-13/h3-10H,2,11H2,1H3. The summed E-state index contributed by atoms with van der Waals surface area (Å²) in [7, 11) is 0. The summed E-state index contributed by atoms with van der Waals surface area (Å²) in [6.45, 7) is 3.86. The smallest absolute Gasteiger partial charge is 0.0611 e. The molecule has 2 aromatic rings. The summed E-state index contributed by atoms with van der Waals surface area (Å²) in [6, 6.07) is 14.0. The topological polar surface area (TPSA) is 16.1 Å². The molecule has 1 aromatic carbocycles. The molecule has 0 saturated heterocycles. The lowest BCUT2D eigenvalue weighted by Crippen LogP contribution is -2.22. The lowest BCUT2D eigenvalue weighted by molar-refractivity contribution is 0.810. The lowest BCUT2D eigenvalue weighted by atomic mass is 10.2. The second-order valence-corrected chi connectivity index (χ2v) is 4.25. The lowest BCUT2D eigenvalue weighted by Gasteiger charge is -2.22. The Morgan fingerprint density at radius 3 is 2.59 bits per heavy atom. The zero-order valence-electron chi connectivity index (χ0n) is 9.81. The Bertz CT molecular complexity index is 471. The molecular weight excluding hydrogens is 232 g/mol. The van der Waals surface area contributed by atoms with Crippen molar-refractivity contribution in [1.82, 2.24) is 4.98 Å². The zero-order chi connectivity index (χ0) is 12.1. The highest BCUT2D eigenvalue weighted by atomic mass is 35.5. The van der Waals surface area contributed by atoms with Gasteiger partial charge in [-0.05, 0) is 31.2 Å². The summed E-state index contributed by atoms with van der Waals surface area (Å²) in [6.07, 6.45) is 1.75. The SMILES string of the molecule is CCN(Cc1cc(Cl)ccn1)c1ccccc1. The second kappa shape index (κ2) is 5.69. The normalized spacial score (nSPS) is 10.2. The number of anilines is 1. The zero-order valence-corrected chi connectivity index (χ0v) is 10.6. The van der Waals surface area contributed by atoms with Crippen molar-refractivity contribution in [2.24, 2.45) is 0 Å². The van der Waals surface area contributed by atoms with Crippen LogP contribution in [0.4, 0.5) is 5.69 Å². The molecule has 2 nitrogen and oxygen atoms in total. The quantitative estimate of drug-likeness (QED) is 0.817. The summed E-state index contributed by atoms with van der Waals surface area (Å²) < 4.78 is 0. The molecule has 0 atom stereocenters. The molecule has 0 fully saturated rings. The van der Waals surface area contributed by atoms with E-state index in [1.807, 2.05) is 24.3 Å². The maximum Gasteiger partial charge on any atom is 0.0611 e. The highest BCUT2D eigenvalue weighted by molar-refractivity contribution is 6.30. The molecule has 0 amide bonds. The fraction of sp³-hybridized carbons (Fsp3) is 0.214. The molecule has 1 heterocycles.